The molecule has 33 heavy (non-hydrogen) atoms. The number of amides is 2. The Bertz CT molecular complexity index is 1080. The average Bonchev–Trinajstić information content (AvgIpc) is 2.74. The molecule has 0 spiro atoms. The van der Waals surface area contributed by atoms with E-state index >= 15 is 0 Å². The molecule has 11 heteroatoms. The number of carbonyl (C=O) groups is 1. The Morgan fingerprint density at radius 1 is 1.21 bits per heavy atom. The Labute approximate surface area is 197 Å². The lowest BCUT2D eigenvalue weighted by molar-refractivity contribution is 0.178. The molecule has 2 amide bonds. The van der Waals surface area contributed by atoms with Gasteiger partial charge in [0.05, 0.1) is 12.9 Å². The number of piperidine rings is 1. The van der Waals surface area contributed by atoms with E-state index < -0.39 is 39.5 Å². The van der Waals surface area contributed by atoms with Gasteiger partial charge in [0.2, 0.25) is 0 Å². The summed E-state index contributed by atoms with van der Waals surface area (Å²) in [5.41, 5.74) is 0.345. The van der Waals surface area contributed by atoms with Crippen molar-refractivity contribution in [3.8, 4) is 5.75 Å². The highest BCUT2D eigenvalue weighted by atomic mass is 35.5. The first-order chi connectivity index (χ1) is 15.6. The van der Waals surface area contributed by atoms with Crippen molar-refractivity contribution in [1.82, 2.24) is 10.2 Å². The summed E-state index contributed by atoms with van der Waals surface area (Å²) in [6.45, 7) is 0.886. The molecular formula is C22H26ClF2N3O4S. The zero-order valence-electron chi connectivity index (χ0n) is 18.3. The topological polar surface area (TPSA) is 87.7 Å². The van der Waals surface area contributed by atoms with Crippen molar-refractivity contribution >= 4 is 33.2 Å². The van der Waals surface area contributed by atoms with Crippen LogP contribution >= 0.6 is 11.6 Å². The maximum absolute atomic E-state index is 14.9. The molecule has 0 aliphatic carbocycles. The van der Waals surface area contributed by atoms with Crippen LogP contribution in [0.2, 0.25) is 5.02 Å². The molecule has 2 atom stereocenters. The number of halogens is 3. The summed E-state index contributed by atoms with van der Waals surface area (Å²) in [5.74, 6) is -2.33. The highest BCUT2D eigenvalue weighted by Crippen LogP contribution is 2.33. The molecule has 2 unspecified atom stereocenters. The second-order valence-corrected chi connectivity index (χ2v) is 10.7. The van der Waals surface area contributed by atoms with Crippen LogP contribution in [0.1, 0.15) is 17.9 Å². The van der Waals surface area contributed by atoms with Crippen molar-refractivity contribution in [3.63, 3.8) is 0 Å². The third-order valence-electron chi connectivity index (χ3n) is 5.55. The average molecular weight is 502 g/mol. The molecule has 0 bridgehead atoms. The van der Waals surface area contributed by atoms with E-state index in [9.17, 15) is 22.0 Å². The molecule has 0 saturated carbocycles. The van der Waals surface area contributed by atoms with Crippen molar-refractivity contribution in [2.24, 2.45) is 0 Å². The zero-order valence-corrected chi connectivity index (χ0v) is 19.8. The summed E-state index contributed by atoms with van der Waals surface area (Å²) in [5, 5.41) is 6.02. The fourth-order valence-corrected chi connectivity index (χ4v) is 4.60. The normalized spacial score (nSPS) is 19.2. The van der Waals surface area contributed by atoms with E-state index in [-0.39, 0.29) is 30.2 Å². The quantitative estimate of drug-likeness (QED) is 0.604. The lowest BCUT2D eigenvalue weighted by Gasteiger charge is -2.39. The first kappa shape index (κ1) is 25.2. The van der Waals surface area contributed by atoms with Gasteiger partial charge in [0.25, 0.3) is 0 Å². The number of rotatable bonds is 7. The van der Waals surface area contributed by atoms with Crippen LogP contribution in [0.5, 0.6) is 5.75 Å². The van der Waals surface area contributed by atoms with E-state index in [1.165, 1.54) is 7.11 Å². The summed E-state index contributed by atoms with van der Waals surface area (Å²) in [4.78, 5) is 14.4. The molecule has 1 aliphatic heterocycles. The van der Waals surface area contributed by atoms with Crippen LogP contribution in [-0.4, -0.2) is 64.1 Å². The summed E-state index contributed by atoms with van der Waals surface area (Å²) >= 11 is 5.86. The molecule has 0 aromatic heterocycles. The molecule has 180 valence electrons. The van der Waals surface area contributed by atoms with Gasteiger partial charge in [-0.3, -0.25) is 0 Å². The van der Waals surface area contributed by atoms with E-state index in [1.807, 2.05) is 4.90 Å². The number of urea groups is 1. The van der Waals surface area contributed by atoms with Gasteiger partial charge >= 0.3 is 6.03 Å². The lowest BCUT2D eigenvalue weighted by atomic mass is 9.85. The Kier molecular flexibility index (Phi) is 8.14. The van der Waals surface area contributed by atoms with Crippen molar-refractivity contribution in [2.75, 3.05) is 44.1 Å². The second kappa shape index (κ2) is 10.7. The smallest absolute Gasteiger partial charge is 0.319 e. The molecule has 1 heterocycles. The van der Waals surface area contributed by atoms with Crippen molar-refractivity contribution in [3.05, 3.63) is 58.6 Å². The van der Waals surface area contributed by atoms with Crippen LogP contribution in [0, 0.1) is 11.6 Å². The number of benzene rings is 2. The SMILES string of the molecule is COc1cc(F)c(C2CN(CCS(C)(=O)=O)CCC2NC(=O)Nc2ccc(Cl)cc2)c(F)c1. The van der Waals surface area contributed by atoms with Gasteiger partial charge in [-0.25, -0.2) is 22.0 Å². The number of likely N-dealkylation sites (tertiary alicyclic amines) is 1. The molecule has 1 aliphatic rings. The number of nitrogens with one attached hydrogen (secondary N) is 2. The molecular weight excluding hydrogens is 476 g/mol. The summed E-state index contributed by atoms with van der Waals surface area (Å²) in [6, 6.07) is 7.61. The minimum atomic E-state index is -3.20. The Morgan fingerprint density at radius 2 is 1.85 bits per heavy atom. The molecule has 2 N–H and O–H groups in total. The largest absolute Gasteiger partial charge is 0.497 e. The minimum Gasteiger partial charge on any atom is -0.497 e. The fourth-order valence-electron chi connectivity index (χ4n) is 3.88. The van der Waals surface area contributed by atoms with Gasteiger partial charge < -0.3 is 20.3 Å². The van der Waals surface area contributed by atoms with E-state index in [4.69, 9.17) is 16.3 Å². The van der Waals surface area contributed by atoms with E-state index in [1.54, 1.807) is 24.3 Å². The highest BCUT2D eigenvalue weighted by molar-refractivity contribution is 7.90. The first-order valence-corrected chi connectivity index (χ1v) is 12.8. The maximum Gasteiger partial charge on any atom is 0.319 e. The van der Waals surface area contributed by atoms with Gasteiger partial charge in [0.15, 0.2) is 0 Å². The lowest BCUT2D eigenvalue weighted by Crippen LogP contribution is -2.51. The van der Waals surface area contributed by atoms with Crippen LogP contribution in [0.4, 0.5) is 19.3 Å². The molecule has 2 aromatic rings. The maximum atomic E-state index is 14.9. The zero-order chi connectivity index (χ0) is 24.2. The Balaban J connectivity index is 1.82. The molecule has 2 aromatic carbocycles. The van der Waals surface area contributed by atoms with Crippen LogP contribution in [0.3, 0.4) is 0 Å². The summed E-state index contributed by atoms with van der Waals surface area (Å²) < 4.78 is 57.9. The summed E-state index contributed by atoms with van der Waals surface area (Å²) in [7, 11) is -1.88. The minimum absolute atomic E-state index is 0.0449. The van der Waals surface area contributed by atoms with Crippen LogP contribution < -0.4 is 15.4 Å². The van der Waals surface area contributed by atoms with Crippen molar-refractivity contribution < 1.29 is 26.7 Å². The Hall–Kier alpha value is -2.43. The van der Waals surface area contributed by atoms with Gasteiger partial charge in [-0.15, -0.1) is 0 Å². The monoisotopic (exact) mass is 501 g/mol. The Morgan fingerprint density at radius 3 is 2.42 bits per heavy atom. The third-order valence-corrected chi connectivity index (χ3v) is 6.73. The van der Waals surface area contributed by atoms with Crippen molar-refractivity contribution in [2.45, 2.75) is 18.4 Å². The fraction of sp³-hybridized carbons (Fsp3) is 0.409. The predicted octanol–water partition coefficient (Wildman–Crippen LogP) is 3.65. The second-order valence-electron chi connectivity index (χ2n) is 8.04. The highest BCUT2D eigenvalue weighted by Gasteiger charge is 2.35. The standard InChI is InChI=1S/C22H26ClF2N3O4S/c1-32-16-11-18(24)21(19(25)12-16)17-13-28(9-10-33(2,30)31)8-7-20(17)27-22(29)26-15-5-3-14(23)4-6-15/h3-6,11-12,17,20H,7-10,13H2,1-2H3,(H2,26,27,29). The summed E-state index contributed by atoms with van der Waals surface area (Å²) in [6.07, 6.45) is 1.52. The molecule has 7 nitrogen and oxygen atoms in total. The van der Waals surface area contributed by atoms with Crippen LogP contribution in [0.15, 0.2) is 36.4 Å². The number of ether oxygens (including phenoxy) is 1. The van der Waals surface area contributed by atoms with Crippen molar-refractivity contribution in [1.29, 1.82) is 0 Å². The van der Waals surface area contributed by atoms with Gasteiger partial charge in [0.1, 0.15) is 27.2 Å². The number of hydrogen-bond acceptors (Lipinski definition) is 5. The van der Waals surface area contributed by atoms with E-state index in [0.29, 0.717) is 23.7 Å². The number of anilines is 1. The molecule has 0 radical (unpaired) electrons. The number of hydrogen-bond donors (Lipinski definition) is 2. The van der Waals surface area contributed by atoms with Gasteiger partial charge in [-0.05, 0) is 30.7 Å². The molecule has 1 fully saturated rings. The number of nitrogens with zero attached hydrogens (tertiary/aromatic N) is 1. The molecule has 3 rings (SSSR count). The third kappa shape index (κ3) is 7.02. The van der Waals surface area contributed by atoms with Crippen LogP contribution in [-0.2, 0) is 9.84 Å². The first-order valence-electron chi connectivity index (χ1n) is 10.3. The molecule has 1 saturated heterocycles. The van der Waals surface area contributed by atoms with Crippen LogP contribution in [0.25, 0.3) is 0 Å². The van der Waals surface area contributed by atoms with Gasteiger partial charge in [-0.2, -0.15) is 0 Å². The van der Waals surface area contributed by atoms with Gasteiger partial charge in [-0.1, -0.05) is 11.6 Å². The van der Waals surface area contributed by atoms with E-state index in [0.717, 1.165) is 18.4 Å². The van der Waals surface area contributed by atoms with E-state index in [2.05, 4.69) is 10.6 Å². The number of carbonyl (C=O) groups excluding carboxylic acids is 1. The number of methoxy groups -OCH3 is 1. The number of sulfone groups is 1. The predicted molar refractivity (Wildman–Crippen MR) is 124 cm³/mol. The van der Waals surface area contributed by atoms with Gasteiger partial charge in [0, 0.05) is 66.3 Å².